The van der Waals surface area contributed by atoms with E-state index in [1.807, 2.05) is 60.7 Å². The quantitative estimate of drug-likeness (QED) is 0.696. The number of ether oxygens (including phenoxy) is 1. The summed E-state index contributed by atoms with van der Waals surface area (Å²) in [5.41, 5.74) is 1.21. The van der Waals surface area contributed by atoms with Crippen molar-refractivity contribution in [1.29, 1.82) is 0 Å². The molecular weight excluding hydrogens is 332 g/mol. The van der Waals surface area contributed by atoms with Gasteiger partial charge in [-0.2, -0.15) is 0 Å². The Balaban J connectivity index is 2.01. The van der Waals surface area contributed by atoms with Crippen LogP contribution in [0.4, 0.5) is 0 Å². The van der Waals surface area contributed by atoms with Crippen LogP contribution in [0, 0.1) is 0 Å². The number of carbonyl (C=O) groups is 2. The van der Waals surface area contributed by atoms with Gasteiger partial charge in [0.05, 0.1) is 11.1 Å². The standard InChI is InChI=1S/C21H16O5/c22-20(23)17-12-11-16(13-18(17)21(24)25)26-19(14-7-3-1-4-8-14)15-9-5-2-6-10-15/h1-13,19H,(H,22,23)(H,24,25). The van der Waals surface area contributed by atoms with Crippen molar-refractivity contribution in [3.63, 3.8) is 0 Å². The summed E-state index contributed by atoms with van der Waals surface area (Å²) in [7, 11) is 0. The Bertz CT molecular complexity index is 880. The molecule has 0 unspecified atom stereocenters. The zero-order chi connectivity index (χ0) is 18.5. The summed E-state index contributed by atoms with van der Waals surface area (Å²) < 4.78 is 6.06. The average Bonchev–Trinajstić information content (AvgIpc) is 2.67. The summed E-state index contributed by atoms with van der Waals surface area (Å²) in [6, 6.07) is 23.0. The second-order valence-corrected chi connectivity index (χ2v) is 5.64. The molecule has 0 amide bonds. The zero-order valence-corrected chi connectivity index (χ0v) is 13.7. The Labute approximate surface area is 150 Å². The molecule has 3 rings (SSSR count). The molecule has 0 radical (unpaired) electrons. The van der Waals surface area contributed by atoms with Crippen molar-refractivity contribution < 1.29 is 24.5 Å². The van der Waals surface area contributed by atoms with Crippen LogP contribution in [0.5, 0.6) is 5.75 Å². The fourth-order valence-electron chi connectivity index (χ4n) is 2.68. The van der Waals surface area contributed by atoms with Crippen molar-refractivity contribution >= 4 is 11.9 Å². The molecule has 0 atom stereocenters. The molecule has 5 nitrogen and oxygen atoms in total. The van der Waals surface area contributed by atoms with Gasteiger partial charge in [0.1, 0.15) is 11.9 Å². The van der Waals surface area contributed by atoms with Crippen LogP contribution in [0.1, 0.15) is 37.9 Å². The third-order valence-corrected chi connectivity index (χ3v) is 3.91. The van der Waals surface area contributed by atoms with Gasteiger partial charge < -0.3 is 14.9 Å². The number of hydrogen-bond donors (Lipinski definition) is 2. The maximum atomic E-state index is 11.4. The van der Waals surface area contributed by atoms with E-state index in [0.717, 1.165) is 11.1 Å². The topological polar surface area (TPSA) is 83.8 Å². The van der Waals surface area contributed by atoms with Crippen molar-refractivity contribution in [2.75, 3.05) is 0 Å². The molecule has 0 heterocycles. The van der Waals surface area contributed by atoms with Crippen molar-refractivity contribution in [3.05, 3.63) is 101 Å². The fourth-order valence-corrected chi connectivity index (χ4v) is 2.68. The molecule has 26 heavy (non-hydrogen) atoms. The van der Waals surface area contributed by atoms with Crippen LogP contribution in [0.3, 0.4) is 0 Å². The average molecular weight is 348 g/mol. The number of carboxylic acid groups (broad SMARTS) is 2. The summed E-state index contributed by atoms with van der Waals surface area (Å²) in [4.78, 5) is 22.6. The van der Waals surface area contributed by atoms with Gasteiger partial charge in [-0.25, -0.2) is 9.59 Å². The molecule has 0 aliphatic rings. The second kappa shape index (κ2) is 7.53. The molecule has 2 N–H and O–H groups in total. The minimum atomic E-state index is -1.32. The predicted molar refractivity (Wildman–Crippen MR) is 95.7 cm³/mol. The lowest BCUT2D eigenvalue weighted by atomic mass is 10.0. The van der Waals surface area contributed by atoms with Gasteiger partial charge in [-0.3, -0.25) is 0 Å². The SMILES string of the molecule is O=C(O)c1ccc(OC(c2ccccc2)c2ccccc2)cc1C(=O)O. The Morgan fingerprint density at radius 2 is 1.19 bits per heavy atom. The molecule has 0 bridgehead atoms. The van der Waals surface area contributed by atoms with E-state index < -0.39 is 18.0 Å². The minimum absolute atomic E-state index is 0.277. The van der Waals surface area contributed by atoms with E-state index in [4.69, 9.17) is 9.84 Å². The van der Waals surface area contributed by atoms with Crippen molar-refractivity contribution in [1.82, 2.24) is 0 Å². The molecule has 0 aromatic heterocycles. The highest BCUT2D eigenvalue weighted by Crippen LogP contribution is 2.29. The number of aromatic carboxylic acids is 2. The Morgan fingerprint density at radius 3 is 1.65 bits per heavy atom. The molecule has 0 fully saturated rings. The fraction of sp³-hybridized carbons (Fsp3) is 0.0476. The van der Waals surface area contributed by atoms with Gasteiger partial charge >= 0.3 is 11.9 Å². The Hall–Kier alpha value is -3.60. The highest BCUT2D eigenvalue weighted by atomic mass is 16.5. The summed E-state index contributed by atoms with van der Waals surface area (Å²) >= 11 is 0. The molecule has 0 aliphatic heterocycles. The van der Waals surface area contributed by atoms with Gasteiger partial charge in [0.15, 0.2) is 0 Å². The lowest BCUT2D eigenvalue weighted by Gasteiger charge is -2.20. The molecule has 0 saturated heterocycles. The van der Waals surface area contributed by atoms with Gasteiger partial charge in [-0.1, -0.05) is 60.7 Å². The molecule has 3 aromatic rings. The lowest BCUT2D eigenvalue weighted by Crippen LogP contribution is -2.12. The van der Waals surface area contributed by atoms with Gasteiger partial charge in [0.25, 0.3) is 0 Å². The summed E-state index contributed by atoms with van der Waals surface area (Å²) in [5.74, 6) is -2.33. The van der Waals surface area contributed by atoms with Gasteiger partial charge in [0.2, 0.25) is 0 Å². The molecule has 130 valence electrons. The Morgan fingerprint density at radius 1 is 0.692 bits per heavy atom. The van der Waals surface area contributed by atoms with Crippen LogP contribution in [-0.4, -0.2) is 22.2 Å². The summed E-state index contributed by atoms with van der Waals surface area (Å²) in [6.07, 6.45) is -0.449. The molecule has 3 aromatic carbocycles. The predicted octanol–water partition coefficient (Wildman–Crippen LogP) is 4.25. The van der Waals surface area contributed by atoms with E-state index in [2.05, 4.69) is 0 Å². The number of carboxylic acids is 2. The van der Waals surface area contributed by atoms with Crippen LogP contribution in [0.15, 0.2) is 78.9 Å². The largest absolute Gasteiger partial charge is 0.481 e. The molecule has 5 heteroatoms. The van der Waals surface area contributed by atoms with Crippen molar-refractivity contribution in [3.8, 4) is 5.75 Å². The van der Waals surface area contributed by atoms with E-state index in [-0.39, 0.29) is 16.9 Å². The first kappa shape index (κ1) is 17.2. The zero-order valence-electron chi connectivity index (χ0n) is 13.7. The van der Waals surface area contributed by atoms with Gasteiger partial charge in [0, 0.05) is 0 Å². The number of benzene rings is 3. The third-order valence-electron chi connectivity index (χ3n) is 3.91. The smallest absolute Gasteiger partial charge is 0.336 e. The summed E-state index contributed by atoms with van der Waals surface area (Å²) in [5, 5.41) is 18.4. The van der Waals surface area contributed by atoms with Gasteiger partial charge in [-0.05, 0) is 29.3 Å². The maximum absolute atomic E-state index is 11.4. The van der Waals surface area contributed by atoms with Crippen molar-refractivity contribution in [2.45, 2.75) is 6.10 Å². The van der Waals surface area contributed by atoms with Crippen LogP contribution < -0.4 is 4.74 Å². The summed E-state index contributed by atoms with van der Waals surface area (Å²) in [6.45, 7) is 0. The first-order chi connectivity index (χ1) is 12.6. The van der Waals surface area contributed by atoms with E-state index >= 15 is 0 Å². The normalized spacial score (nSPS) is 10.5. The minimum Gasteiger partial charge on any atom is -0.481 e. The molecule has 0 saturated carbocycles. The molecule has 0 spiro atoms. The van der Waals surface area contributed by atoms with Crippen LogP contribution in [-0.2, 0) is 0 Å². The van der Waals surface area contributed by atoms with Crippen LogP contribution in [0.25, 0.3) is 0 Å². The molecule has 0 aliphatic carbocycles. The van der Waals surface area contributed by atoms with E-state index in [0.29, 0.717) is 0 Å². The Kier molecular flexibility index (Phi) is 4.99. The van der Waals surface area contributed by atoms with E-state index in [1.165, 1.54) is 18.2 Å². The number of hydrogen-bond acceptors (Lipinski definition) is 3. The highest BCUT2D eigenvalue weighted by molar-refractivity contribution is 6.02. The van der Waals surface area contributed by atoms with Gasteiger partial charge in [-0.15, -0.1) is 0 Å². The maximum Gasteiger partial charge on any atom is 0.336 e. The monoisotopic (exact) mass is 348 g/mol. The molecular formula is C21H16O5. The lowest BCUT2D eigenvalue weighted by molar-refractivity contribution is 0.0651. The number of rotatable bonds is 6. The second-order valence-electron chi connectivity index (χ2n) is 5.64. The highest BCUT2D eigenvalue weighted by Gasteiger charge is 2.20. The first-order valence-electron chi connectivity index (χ1n) is 7.93. The third kappa shape index (κ3) is 3.72. The van der Waals surface area contributed by atoms with Crippen LogP contribution in [0.2, 0.25) is 0 Å². The van der Waals surface area contributed by atoms with E-state index in [9.17, 15) is 14.7 Å². The van der Waals surface area contributed by atoms with Crippen LogP contribution >= 0.6 is 0 Å². The van der Waals surface area contributed by atoms with E-state index in [1.54, 1.807) is 0 Å². The first-order valence-corrected chi connectivity index (χ1v) is 7.93. The van der Waals surface area contributed by atoms with Crippen molar-refractivity contribution in [2.24, 2.45) is 0 Å².